The first-order valence-corrected chi connectivity index (χ1v) is 13.9. The minimum Gasteiger partial charge on any atom is -0.480 e. The zero-order valence-electron chi connectivity index (χ0n) is 23.1. The quantitative estimate of drug-likeness (QED) is 0.127. The molecule has 0 amide bonds. The predicted octanol–water partition coefficient (Wildman–Crippen LogP) is 8.37. The Bertz CT molecular complexity index is 1900. The molecular formula is C36H28N2O5. The highest BCUT2D eigenvalue weighted by atomic mass is 16.6. The van der Waals surface area contributed by atoms with Crippen LogP contribution < -0.4 is 5.32 Å². The number of carboxylic acid groups (broad SMARTS) is 1. The summed E-state index contributed by atoms with van der Waals surface area (Å²) in [4.78, 5) is 23.5. The molecule has 6 aromatic rings. The second-order valence-electron chi connectivity index (χ2n) is 10.4. The first-order chi connectivity index (χ1) is 21.0. The number of aliphatic carboxylic acids is 1. The number of nitro groups is 1. The Balaban J connectivity index is 1.30. The Hall–Kier alpha value is -5.69. The topological polar surface area (TPSA) is 106 Å². The summed E-state index contributed by atoms with van der Waals surface area (Å²) >= 11 is 0. The average Bonchev–Trinajstić information content (AvgIpc) is 3.39. The van der Waals surface area contributed by atoms with Crippen molar-refractivity contribution in [2.75, 3.05) is 5.32 Å². The lowest BCUT2D eigenvalue weighted by molar-refractivity contribution is -0.383. The molecule has 1 heterocycles. The van der Waals surface area contributed by atoms with Crippen LogP contribution in [-0.2, 0) is 17.6 Å². The van der Waals surface area contributed by atoms with Gasteiger partial charge in [-0.2, -0.15) is 0 Å². The third kappa shape index (κ3) is 6.01. The van der Waals surface area contributed by atoms with Crippen LogP contribution in [0.25, 0.3) is 33.2 Å². The van der Waals surface area contributed by atoms with E-state index in [1.165, 1.54) is 6.07 Å². The van der Waals surface area contributed by atoms with Gasteiger partial charge < -0.3 is 14.8 Å². The Kier molecular flexibility index (Phi) is 7.70. The fourth-order valence-corrected chi connectivity index (χ4v) is 5.37. The number of nitro benzene ring substituents is 1. The molecule has 0 bridgehead atoms. The van der Waals surface area contributed by atoms with Gasteiger partial charge in [-0.05, 0) is 39.9 Å². The third-order valence-corrected chi connectivity index (χ3v) is 7.49. The minimum atomic E-state index is -1.09. The van der Waals surface area contributed by atoms with E-state index in [0.29, 0.717) is 12.0 Å². The van der Waals surface area contributed by atoms with Gasteiger partial charge in [0.15, 0.2) is 0 Å². The summed E-state index contributed by atoms with van der Waals surface area (Å²) in [5.41, 5.74) is 6.21. The van der Waals surface area contributed by atoms with E-state index < -0.39 is 16.9 Å². The van der Waals surface area contributed by atoms with Crippen LogP contribution >= 0.6 is 0 Å². The molecule has 0 radical (unpaired) electrons. The molecule has 1 unspecified atom stereocenters. The van der Waals surface area contributed by atoms with Crippen molar-refractivity contribution in [2.45, 2.75) is 18.9 Å². The van der Waals surface area contributed by atoms with Crippen LogP contribution in [0.2, 0.25) is 0 Å². The van der Waals surface area contributed by atoms with Crippen molar-refractivity contribution in [1.82, 2.24) is 0 Å². The van der Waals surface area contributed by atoms with E-state index in [4.69, 9.17) is 4.42 Å². The van der Waals surface area contributed by atoms with E-state index in [0.717, 1.165) is 44.5 Å². The van der Waals surface area contributed by atoms with E-state index in [-0.39, 0.29) is 17.8 Å². The number of nitrogens with one attached hydrogen (secondary N) is 1. The molecule has 0 aliphatic carbocycles. The summed E-state index contributed by atoms with van der Waals surface area (Å²) in [6.45, 7) is 0. The van der Waals surface area contributed by atoms with Gasteiger partial charge >= 0.3 is 5.97 Å². The molecular weight excluding hydrogens is 540 g/mol. The molecule has 1 atom stereocenters. The summed E-state index contributed by atoms with van der Waals surface area (Å²) in [5.74, 6) is -0.217. The summed E-state index contributed by atoms with van der Waals surface area (Å²) in [5, 5.41) is 25.7. The van der Waals surface area contributed by atoms with Gasteiger partial charge in [-0.3, -0.25) is 10.1 Å². The largest absolute Gasteiger partial charge is 0.480 e. The van der Waals surface area contributed by atoms with Gasteiger partial charge in [0.1, 0.15) is 23.1 Å². The number of nitrogens with zero attached hydrogens (tertiary/aromatic N) is 1. The maximum Gasteiger partial charge on any atom is 0.326 e. The fraction of sp³-hybridized carbons (Fsp3) is 0.0833. The highest BCUT2D eigenvalue weighted by molar-refractivity contribution is 5.96. The second-order valence-corrected chi connectivity index (χ2v) is 10.4. The van der Waals surface area contributed by atoms with E-state index in [1.807, 2.05) is 97.1 Å². The van der Waals surface area contributed by atoms with Crippen molar-refractivity contribution in [2.24, 2.45) is 0 Å². The molecule has 43 heavy (non-hydrogen) atoms. The molecule has 6 rings (SSSR count). The minimum absolute atomic E-state index is 0.157. The number of carboxylic acids is 1. The Labute approximate surface area is 248 Å². The fourth-order valence-electron chi connectivity index (χ4n) is 5.37. The first-order valence-electron chi connectivity index (χ1n) is 13.9. The van der Waals surface area contributed by atoms with Crippen molar-refractivity contribution < 1.29 is 19.2 Å². The number of hydrogen-bond donors (Lipinski definition) is 2. The second kappa shape index (κ2) is 12.0. The zero-order chi connectivity index (χ0) is 29.8. The number of furan rings is 1. The van der Waals surface area contributed by atoms with Crippen LogP contribution in [0, 0.1) is 10.1 Å². The van der Waals surface area contributed by atoms with Crippen LogP contribution in [0.5, 0.6) is 0 Å². The highest BCUT2D eigenvalue weighted by Gasteiger charge is 2.23. The number of carbonyl (C=O) groups is 1. The van der Waals surface area contributed by atoms with E-state index in [9.17, 15) is 20.0 Å². The molecule has 0 spiro atoms. The molecule has 0 saturated heterocycles. The van der Waals surface area contributed by atoms with Gasteiger partial charge in [0.25, 0.3) is 5.69 Å². The molecule has 212 valence electrons. The Morgan fingerprint density at radius 1 is 0.767 bits per heavy atom. The summed E-state index contributed by atoms with van der Waals surface area (Å²) in [7, 11) is 0. The molecule has 5 aromatic carbocycles. The normalized spacial score (nSPS) is 11.7. The van der Waals surface area contributed by atoms with Crippen LogP contribution in [0.3, 0.4) is 0 Å². The Morgan fingerprint density at radius 2 is 1.37 bits per heavy atom. The van der Waals surface area contributed by atoms with Gasteiger partial charge in [-0.15, -0.1) is 0 Å². The number of para-hydroxylation sites is 1. The standard InChI is InChI=1S/C36H28N2O5/c39-36(40)31(21-24-9-3-1-4-10-24)37-30-20-19-28(23-32(30)38(41)42)26-15-17-27(18-16-26)35-29-13-7-8-14-33(29)43-34(35)22-25-11-5-2-6-12-25/h1-20,23,31,37H,21-22H2,(H,39,40). The van der Waals surface area contributed by atoms with Crippen molar-refractivity contribution in [1.29, 1.82) is 0 Å². The average molecular weight is 569 g/mol. The number of anilines is 1. The third-order valence-electron chi connectivity index (χ3n) is 7.49. The lowest BCUT2D eigenvalue weighted by atomic mass is 9.96. The summed E-state index contributed by atoms with van der Waals surface area (Å²) in [6.07, 6.45) is 0.834. The lowest BCUT2D eigenvalue weighted by Gasteiger charge is -2.16. The number of hydrogen-bond acceptors (Lipinski definition) is 5. The highest BCUT2D eigenvalue weighted by Crippen LogP contribution is 2.38. The van der Waals surface area contributed by atoms with Gasteiger partial charge in [0, 0.05) is 29.9 Å². The molecule has 0 aliphatic rings. The number of benzene rings is 5. The van der Waals surface area contributed by atoms with Gasteiger partial charge in [-0.25, -0.2) is 4.79 Å². The van der Waals surface area contributed by atoms with E-state index >= 15 is 0 Å². The molecule has 0 saturated carbocycles. The van der Waals surface area contributed by atoms with Gasteiger partial charge in [0.05, 0.1) is 4.92 Å². The number of rotatable bonds is 10. The molecule has 1 aromatic heterocycles. The Morgan fingerprint density at radius 3 is 2.05 bits per heavy atom. The van der Waals surface area contributed by atoms with E-state index in [2.05, 4.69) is 17.4 Å². The van der Waals surface area contributed by atoms with Gasteiger partial charge in [0.2, 0.25) is 0 Å². The summed E-state index contributed by atoms with van der Waals surface area (Å²) < 4.78 is 6.29. The van der Waals surface area contributed by atoms with Crippen LogP contribution in [0.4, 0.5) is 11.4 Å². The van der Waals surface area contributed by atoms with E-state index in [1.54, 1.807) is 12.1 Å². The predicted molar refractivity (Wildman–Crippen MR) is 168 cm³/mol. The van der Waals surface area contributed by atoms with Crippen LogP contribution in [0.1, 0.15) is 16.9 Å². The maximum atomic E-state index is 12.0. The van der Waals surface area contributed by atoms with Crippen molar-refractivity contribution in [3.63, 3.8) is 0 Å². The molecule has 2 N–H and O–H groups in total. The summed E-state index contributed by atoms with van der Waals surface area (Å²) in [6, 6.07) is 39.0. The van der Waals surface area contributed by atoms with Crippen LogP contribution in [-0.4, -0.2) is 22.0 Å². The van der Waals surface area contributed by atoms with Crippen molar-refractivity contribution in [3.05, 3.63) is 154 Å². The molecule has 0 aliphatic heterocycles. The molecule has 0 fully saturated rings. The lowest BCUT2D eigenvalue weighted by Crippen LogP contribution is -2.31. The van der Waals surface area contributed by atoms with Crippen LogP contribution in [0.15, 0.2) is 132 Å². The van der Waals surface area contributed by atoms with Crippen molar-refractivity contribution in [3.8, 4) is 22.3 Å². The monoisotopic (exact) mass is 568 g/mol. The molecule has 7 nitrogen and oxygen atoms in total. The van der Waals surface area contributed by atoms with Gasteiger partial charge in [-0.1, -0.05) is 109 Å². The number of fused-ring (bicyclic) bond motifs is 1. The zero-order valence-corrected chi connectivity index (χ0v) is 23.1. The first kappa shape index (κ1) is 27.5. The SMILES string of the molecule is O=C(O)C(Cc1ccccc1)Nc1ccc(-c2ccc(-c3c(Cc4ccccc4)oc4ccccc34)cc2)cc1[N+](=O)[O-]. The van der Waals surface area contributed by atoms with Crippen molar-refractivity contribution >= 4 is 28.3 Å². The molecule has 7 heteroatoms. The maximum absolute atomic E-state index is 12.0. The smallest absolute Gasteiger partial charge is 0.326 e.